The average Bonchev–Trinajstić information content (AvgIpc) is 3.22. The molecule has 2 aromatic rings. The average molecular weight is 356 g/mol. The number of ether oxygens (including phenoxy) is 1. The van der Waals surface area contributed by atoms with E-state index >= 15 is 0 Å². The first-order valence-corrected chi connectivity index (χ1v) is 8.77. The molecule has 1 saturated heterocycles. The van der Waals surface area contributed by atoms with Crippen molar-refractivity contribution in [3.05, 3.63) is 48.5 Å². The maximum atomic E-state index is 12.6. The Labute approximate surface area is 153 Å². The molecule has 0 radical (unpaired) electrons. The number of rotatable bonds is 5. The molecule has 26 heavy (non-hydrogen) atoms. The Morgan fingerprint density at radius 1 is 1.12 bits per heavy atom. The van der Waals surface area contributed by atoms with Gasteiger partial charge in [-0.15, -0.1) is 0 Å². The van der Waals surface area contributed by atoms with Crippen molar-refractivity contribution in [1.82, 2.24) is 19.4 Å². The number of methoxy groups -OCH3 is 1. The number of carbonyl (C=O) groups excluding carboxylic acids is 2. The molecule has 2 amide bonds. The third kappa shape index (κ3) is 4.04. The molecule has 3 rings (SSSR count). The SMILES string of the molecule is COc1ccc(C(=O)N2CCN(C(=O)CC(C)n3ccnc3)CC2)cc1. The van der Waals surface area contributed by atoms with Crippen LogP contribution in [0.2, 0.25) is 0 Å². The summed E-state index contributed by atoms with van der Waals surface area (Å²) >= 11 is 0. The highest BCUT2D eigenvalue weighted by molar-refractivity contribution is 5.94. The van der Waals surface area contributed by atoms with Crippen LogP contribution >= 0.6 is 0 Å². The minimum atomic E-state index is -0.00784. The number of piperazine rings is 1. The Morgan fingerprint density at radius 3 is 2.35 bits per heavy atom. The van der Waals surface area contributed by atoms with Gasteiger partial charge in [0.1, 0.15) is 5.75 Å². The fourth-order valence-electron chi connectivity index (χ4n) is 3.09. The minimum Gasteiger partial charge on any atom is -0.497 e. The summed E-state index contributed by atoms with van der Waals surface area (Å²) in [6, 6.07) is 7.18. The molecule has 0 saturated carbocycles. The first-order valence-electron chi connectivity index (χ1n) is 8.77. The van der Waals surface area contributed by atoms with E-state index in [1.807, 2.05) is 22.6 Å². The third-order valence-corrected chi connectivity index (χ3v) is 4.76. The Morgan fingerprint density at radius 2 is 1.77 bits per heavy atom. The van der Waals surface area contributed by atoms with Crippen LogP contribution < -0.4 is 4.74 Å². The van der Waals surface area contributed by atoms with Crippen molar-refractivity contribution in [3.63, 3.8) is 0 Å². The van der Waals surface area contributed by atoms with Crippen molar-refractivity contribution >= 4 is 11.8 Å². The van der Waals surface area contributed by atoms with Crippen molar-refractivity contribution in [2.24, 2.45) is 0 Å². The molecule has 1 aromatic carbocycles. The summed E-state index contributed by atoms with van der Waals surface area (Å²) in [6.45, 7) is 4.24. The van der Waals surface area contributed by atoms with Gasteiger partial charge in [0, 0.05) is 56.6 Å². The van der Waals surface area contributed by atoms with Gasteiger partial charge in [-0.3, -0.25) is 9.59 Å². The molecule has 0 spiro atoms. The van der Waals surface area contributed by atoms with Crippen LogP contribution in [0.3, 0.4) is 0 Å². The molecule has 0 aliphatic carbocycles. The van der Waals surface area contributed by atoms with Crippen LogP contribution in [0.15, 0.2) is 43.0 Å². The van der Waals surface area contributed by atoms with E-state index in [-0.39, 0.29) is 17.9 Å². The maximum absolute atomic E-state index is 12.6. The molecule has 1 unspecified atom stereocenters. The number of imidazole rings is 1. The number of aromatic nitrogens is 2. The predicted octanol–water partition coefficient (Wildman–Crippen LogP) is 1.83. The topological polar surface area (TPSA) is 67.7 Å². The minimum absolute atomic E-state index is 0.00784. The summed E-state index contributed by atoms with van der Waals surface area (Å²) in [4.78, 5) is 32.7. The summed E-state index contributed by atoms with van der Waals surface area (Å²) < 4.78 is 7.05. The Kier molecular flexibility index (Phi) is 5.55. The van der Waals surface area contributed by atoms with Gasteiger partial charge in [-0.1, -0.05) is 0 Å². The molecule has 1 aliphatic heterocycles. The van der Waals surface area contributed by atoms with E-state index in [9.17, 15) is 9.59 Å². The third-order valence-electron chi connectivity index (χ3n) is 4.76. The van der Waals surface area contributed by atoms with Gasteiger partial charge >= 0.3 is 0 Å². The lowest BCUT2D eigenvalue weighted by Crippen LogP contribution is -2.50. The maximum Gasteiger partial charge on any atom is 0.253 e. The number of hydrogen-bond donors (Lipinski definition) is 0. The molecule has 1 aliphatic rings. The lowest BCUT2D eigenvalue weighted by molar-refractivity contribution is -0.133. The van der Waals surface area contributed by atoms with Crippen LogP contribution in [0.1, 0.15) is 29.7 Å². The van der Waals surface area contributed by atoms with E-state index in [2.05, 4.69) is 4.98 Å². The number of hydrogen-bond acceptors (Lipinski definition) is 4. The number of nitrogens with zero attached hydrogens (tertiary/aromatic N) is 4. The van der Waals surface area contributed by atoms with Gasteiger partial charge in [0.25, 0.3) is 5.91 Å². The second kappa shape index (κ2) is 8.03. The summed E-state index contributed by atoms with van der Waals surface area (Å²) in [5, 5.41) is 0. The standard InChI is InChI=1S/C19H24N4O3/c1-15(23-8-7-20-14-23)13-18(24)21-9-11-22(12-10-21)19(25)16-3-5-17(26-2)6-4-16/h3-8,14-15H,9-13H2,1-2H3. The normalized spacial score (nSPS) is 15.6. The van der Waals surface area contributed by atoms with Gasteiger partial charge in [-0.25, -0.2) is 4.98 Å². The summed E-state index contributed by atoms with van der Waals surface area (Å²) in [5.41, 5.74) is 0.638. The first kappa shape index (κ1) is 18.0. The second-order valence-corrected chi connectivity index (χ2v) is 6.46. The highest BCUT2D eigenvalue weighted by Crippen LogP contribution is 2.16. The van der Waals surface area contributed by atoms with Crippen molar-refractivity contribution < 1.29 is 14.3 Å². The highest BCUT2D eigenvalue weighted by atomic mass is 16.5. The van der Waals surface area contributed by atoms with Crippen molar-refractivity contribution in [2.45, 2.75) is 19.4 Å². The molecular weight excluding hydrogens is 332 g/mol. The lowest BCUT2D eigenvalue weighted by Gasteiger charge is -2.35. The van der Waals surface area contributed by atoms with Gasteiger partial charge in [0.15, 0.2) is 0 Å². The first-order chi connectivity index (χ1) is 12.6. The number of benzene rings is 1. The molecule has 0 bridgehead atoms. The van der Waals surface area contributed by atoms with E-state index < -0.39 is 0 Å². The Bertz CT molecular complexity index is 735. The van der Waals surface area contributed by atoms with Crippen molar-refractivity contribution in [2.75, 3.05) is 33.3 Å². The smallest absolute Gasteiger partial charge is 0.253 e. The number of amides is 2. The van der Waals surface area contributed by atoms with Crippen molar-refractivity contribution in [3.8, 4) is 5.75 Å². The zero-order valence-corrected chi connectivity index (χ0v) is 15.2. The largest absolute Gasteiger partial charge is 0.497 e. The summed E-state index contributed by atoms with van der Waals surface area (Å²) in [6.07, 6.45) is 5.74. The molecule has 2 heterocycles. The molecular formula is C19H24N4O3. The van der Waals surface area contributed by atoms with E-state index in [0.29, 0.717) is 38.2 Å². The van der Waals surface area contributed by atoms with Gasteiger partial charge in [-0.2, -0.15) is 0 Å². The number of carbonyl (C=O) groups is 2. The molecule has 7 nitrogen and oxygen atoms in total. The Hall–Kier alpha value is -2.83. The van der Waals surface area contributed by atoms with E-state index in [4.69, 9.17) is 4.74 Å². The summed E-state index contributed by atoms with van der Waals surface area (Å²) in [5.74, 6) is 0.832. The van der Waals surface area contributed by atoms with E-state index in [1.165, 1.54) is 0 Å². The molecule has 1 atom stereocenters. The van der Waals surface area contributed by atoms with Crippen LogP contribution in [-0.2, 0) is 4.79 Å². The molecule has 0 N–H and O–H groups in total. The van der Waals surface area contributed by atoms with Crippen LogP contribution in [0.25, 0.3) is 0 Å². The van der Waals surface area contributed by atoms with Gasteiger partial charge in [0.2, 0.25) is 5.91 Å². The molecule has 7 heteroatoms. The van der Waals surface area contributed by atoms with E-state index in [1.54, 1.807) is 48.8 Å². The zero-order valence-electron chi connectivity index (χ0n) is 15.2. The fraction of sp³-hybridized carbons (Fsp3) is 0.421. The lowest BCUT2D eigenvalue weighted by atomic mass is 10.1. The molecule has 138 valence electrons. The molecule has 1 fully saturated rings. The Balaban J connectivity index is 1.51. The van der Waals surface area contributed by atoms with Crippen LogP contribution in [0, 0.1) is 0 Å². The van der Waals surface area contributed by atoms with E-state index in [0.717, 1.165) is 5.75 Å². The van der Waals surface area contributed by atoms with Gasteiger partial charge in [0.05, 0.1) is 13.4 Å². The predicted molar refractivity (Wildman–Crippen MR) is 97.0 cm³/mol. The van der Waals surface area contributed by atoms with Crippen molar-refractivity contribution in [1.29, 1.82) is 0 Å². The second-order valence-electron chi connectivity index (χ2n) is 6.46. The van der Waals surface area contributed by atoms with Crippen LogP contribution in [0.5, 0.6) is 5.75 Å². The van der Waals surface area contributed by atoms with Crippen LogP contribution in [-0.4, -0.2) is 64.5 Å². The molecule has 1 aromatic heterocycles. The van der Waals surface area contributed by atoms with Crippen LogP contribution in [0.4, 0.5) is 0 Å². The monoisotopic (exact) mass is 356 g/mol. The zero-order chi connectivity index (χ0) is 18.5. The van der Waals surface area contributed by atoms with Gasteiger partial charge < -0.3 is 19.1 Å². The fourth-order valence-corrected chi connectivity index (χ4v) is 3.09. The summed E-state index contributed by atoms with van der Waals surface area (Å²) in [7, 11) is 1.60. The van der Waals surface area contributed by atoms with Gasteiger partial charge in [-0.05, 0) is 31.2 Å². The highest BCUT2D eigenvalue weighted by Gasteiger charge is 2.25. The quantitative estimate of drug-likeness (QED) is 0.820.